The minimum absolute atomic E-state index is 0.0530. The van der Waals surface area contributed by atoms with Crippen LogP contribution in [0.1, 0.15) is 30.6 Å². The lowest BCUT2D eigenvalue weighted by Gasteiger charge is -2.35. The lowest BCUT2D eigenvalue weighted by Crippen LogP contribution is -2.46. The monoisotopic (exact) mass is 315 g/mol. The molecular formula is C14H22ClN3OS. The molecular weight excluding hydrogens is 294 g/mol. The molecule has 2 rings (SSSR count). The van der Waals surface area contributed by atoms with Crippen molar-refractivity contribution in [1.82, 2.24) is 10.2 Å². The SMILES string of the molecule is NCCC(=O)NCC1CCCCN1Cc1ccc(Cl)s1. The van der Waals surface area contributed by atoms with Crippen molar-refractivity contribution in [2.24, 2.45) is 5.73 Å². The number of likely N-dealkylation sites (tertiary alicyclic amines) is 1. The van der Waals surface area contributed by atoms with E-state index in [-0.39, 0.29) is 5.91 Å². The van der Waals surface area contributed by atoms with Crippen LogP contribution in [-0.4, -0.2) is 36.5 Å². The van der Waals surface area contributed by atoms with E-state index in [1.165, 1.54) is 17.7 Å². The predicted octanol–water partition coefficient (Wildman–Crippen LogP) is 2.22. The molecule has 1 saturated heterocycles. The summed E-state index contributed by atoms with van der Waals surface area (Å²) in [6.45, 7) is 3.15. The van der Waals surface area contributed by atoms with Crippen LogP contribution in [0.4, 0.5) is 0 Å². The van der Waals surface area contributed by atoms with Crippen molar-refractivity contribution in [3.05, 3.63) is 21.3 Å². The number of nitrogens with two attached hydrogens (primary N) is 1. The molecule has 0 spiro atoms. The van der Waals surface area contributed by atoms with Crippen LogP contribution in [0.25, 0.3) is 0 Å². The van der Waals surface area contributed by atoms with Crippen molar-refractivity contribution in [2.45, 2.75) is 38.3 Å². The maximum Gasteiger partial charge on any atom is 0.221 e. The Morgan fingerprint density at radius 3 is 3.05 bits per heavy atom. The van der Waals surface area contributed by atoms with E-state index in [0.717, 1.165) is 30.4 Å². The highest BCUT2D eigenvalue weighted by Crippen LogP contribution is 2.25. The predicted molar refractivity (Wildman–Crippen MR) is 84.1 cm³/mol. The molecule has 6 heteroatoms. The van der Waals surface area contributed by atoms with E-state index in [1.807, 2.05) is 6.07 Å². The fourth-order valence-electron chi connectivity index (χ4n) is 2.59. The molecule has 0 saturated carbocycles. The first-order valence-corrected chi connectivity index (χ1v) is 8.33. The minimum atomic E-state index is 0.0530. The number of piperidine rings is 1. The normalized spacial score (nSPS) is 20.0. The van der Waals surface area contributed by atoms with Crippen molar-refractivity contribution in [1.29, 1.82) is 0 Å². The molecule has 20 heavy (non-hydrogen) atoms. The van der Waals surface area contributed by atoms with Gasteiger partial charge in [-0.3, -0.25) is 9.69 Å². The molecule has 1 atom stereocenters. The number of amides is 1. The van der Waals surface area contributed by atoms with Gasteiger partial charge in [-0.05, 0) is 31.5 Å². The van der Waals surface area contributed by atoms with Crippen LogP contribution in [-0.2, 0) is 11.3 Å². The highest BCUT2D eigenvalue weighted by molar-refractivity contribution is 7.16. The third-order valence-electron chi connectivity index (χ3n) is 3.64. The van der Waals surface area contributed by atoms with Crippen molar-refractivity contribution in [3.63, 3.8) is 0 Å². The topological polar surface area (TPSA) is 58.4 Å². The van der Waals surface area contributed by atoms with Gasteiger partial charge in [-0.1, -0.05) is 18.0 Å². The first kappa shape index (κ1) is 15.8. The van der Waals surface area contributed by atoms with E-state index in [1.54, 1.807) is 11.3 Å². The van der Waals surface area contributed by atoms with Crippen molar-refractivity contribution < 1.29 is 4.79 Å². The van der Waals surface area contributed by atoms with Crippen LogP contribution < -0.4 is 11.1 Å². The summed E-state index contributed by atoms with van der Waals surface area (Å²) in [4.78, 5) is 15.3. The van der Waals surface area contributed by atoms with Gasteiger partial charge < -0.3 is 11.1 Å². The zero-order valence-corrected chi connectivity index (χ0v) is 13.2. The molecule has 0 aliphatic carbocycles. The lowest BCUT2D eigenvalue weighted by atomic mass is 10.0. The molecule has 112 valence electrons. The van der Waals surface area contributed by atoms with Crippen molar-refractivity contribution in [2.75, 3.05) is 19.6 Å². The summed E-state index contributed by atoms with van der Waals surface area (Å²) in [5.74, 6) is 0.0530. The smallest absolute Gasteiger partial charge is 0.221 e. The number of rotatable bonds is 6. The molecule has 1 fully saturated rings. The molecule has 1 amide bonds. The number of hydrogen-bond acceptors (Lipinski definition) is 4. The Labute approximate surface area is 129 Å². The van der Waals surface area contributed by atoms with Gasteiger partial charge in [0.1, 0.15) is 0 Å². The minimum Gasteiger partial charge on any atom is -0.354 e. The van der Waals surface area contributed by atoms with Gasteiger partial charge >= 0.3 is 0 Å². The summed E-state index contributed by atoms with van der Waals surface area (Å²) in [6.07, 6.45) is 4.01. The molecule has 2 heterocycles. The second-order valence-corrected chi connectivity index (χ2v) is 6.97. The molecule has 3 N–H and O–H groups in total. The summed E-state index contributed by atoms with van der Waals surface area (Å²) in [5.41, 5.74) is 5.39. The van der Waals surface area contributed by atoms with Crippen LogP contribution in [0.5, 0.6) is 0 Å². The van der Waals surface area contributed by atoms with Gasteiger partial charge in [-0.25, -0.2) is 0 Å². The highest BCUT2D eigenvalue weighted by atomic mass is 35.5. The summed E-state index contributed by atoms with van der Waals surface area (Å²) >= 11 is 7.62. The Balaban J connectivity index is 1.86. The molecule has 0 aromatic carbocycles. The van der Waals surface area contributed by atoms with Gasteiger partial charge in [-0.2, -0.15) is 0 Å². The Bertz CT molecular complexity index is 438. The Morgan fingerprint density at radius 1 is 1.50 bits per heavy atom. The van der Waals surface area contributed by atoms with Crippen molar-refractivity contribution >= 4 is 28.8 Å². The Morgan fingerprint density at radius 2 is 2.35 bits per heavy atom. The molecule has 1 aromatic rings. The van der Waals surface area contributed by atoms with E-state index in [4.69, 9.17) is 17.3 Å². The summed E-state index contributed by atoms with van der Waals surface area (Å²) < 4.78 is 0.838. The van der Waals surface area contributed by atoms with Crippen LogP contribution in [0, 0.1) is 0 Å². The third-order valence-corrected chi connectivity index (χ3v) is 4.86. The average molecular weight is 316 g/mol. The van der Waals surface area contributed by atoms with E-state index in [0.29, 0.717) is 19.0 Å². The van der Waals surface area contributed by atoms with Crippen LogP contribution in [0.15, 0.2) is 12.1 Å². The molecule has 1 aliphatic heterocycles. The quantitative estimate of drug-likeness (QED) is 0.846. The summed E-state index contributed by atoms with van der Waals surface area (Å²) in [7, 11) is 0. The number of halogens is 1. The number of carbonyl (C=O) groups is 1. The molecule has 0 radical (unpaired) electrons. The third kappa shape index (κ3) is 4.74. The van der Waals surface area contributed by atoms with E-state index >= 15 is 0 Å². The number of carbonyl (C=O) groups excluding carboxylic acids is 1. The highest BCUT2D eigenvalue weighted by Gasteiger charge is 2.23. The number of nitrogens with one attached hydrogen (secondary N) is 1. The second-order valence-electron chi connectivity index (χ2n) is 5.17. The Kier molecular flexibility index (Phi) is 6.29. The Hall–Kier alpha value is -0.620. The van der Waals surface area contributed by atoms with Crippen molar-refractivity contribution in [3.8, 4) is 0 Å². The zero-order chi connectivity index (χ0) is 14.4. The number of hydrogen-bond donors (Lipinski definition) is 2. The van der Waals surface area contributed by atoms with Crippen LogP contribution in [0.2, 0.25) is 4.34 Å². The zero-order valence-electron chi connectivity index (χ0n) is 11.6. The summed E-state index contributed by atoms with van der Waals surface area (Å²) in [6, 6.07) is 4.46. The molecule has 4 nitrogen and oxygen atoms in total. The van der Waals surface area contributed by atoms with Crippen LogP contribution >= 0.6 is 22.9 Å². The maximum atomic E-state index is 11.5. The molecule has 0 bridgehead atoms. The van der Waals surface area contributed by atoms with Gasteiger partial charge in [0.05, 0.1) is 4.34 Å². The van der Waals surface area contributed by atoms with E-state index < -0.39 is 0 Å². The van der Waals surface area contributed by atoms with Gasteiger partial charge in [0.15, 0.2) is 0 Å². The van der Waals surface area contributed by atoms with Gasteiger partial charge in [-0.15, -0.1) is 11.3 Å². The summed E-state index contributed by atoms with van der Waals surface area (Å²) in [5, 5.41) is 2.99. The van der Waals surface area contributed by atoms with Gasteiger partial charge in [0.2, 0.25) is 5.91 Å². The number of thiophene rings is 1. The standard InChI is InChI=1S/C14H22ClN3OS/c15-13-5-4-12(20-13)10-18-8-2-1-3-11(18)9-17-14(19)6-7-16/h4-5,11H,1-3,6-10,16H2,(H,17,19). The van der Waals surface area contributed by atoms with Crippen LogP contribution in [0.3, 0.4) is 0 Å². The maximum absolute atomic E-state index is 11.5. The first-order chi connectivity index (χ1) is 9.69. The molecule has 1 aromatic heterocycles. The molecule has 1 unspecified atom stereocenters. The average Bonchev–Trinajstić information content (AvgIpc) is 2.83. The fraction of sp³-hybridized carbons (Fsp3) is 0.643. The number of nitrogens with zero attached hydrogens (tertiary/aromatic N) is 1. The van der Waals surface area contributed by atoms with E-state index in [9.17, 15) is 4.79 Å². The van der Waals surface area contributed by atoms with Gasteiger partial charge in [0.25, 0.3) is 0 Å². The largest absolute Gasteiger partial charge is 0.354 e. The first-order valence-electron chi connectivity index (χ1n) is 7.14. The second kappa shape index (κ2) is 7.98. The van der Waals surface area contributed by atoms with Gasteiger partial charge in [0, 0.05) is 37.0 Å². The lowest BCUT2D eigenvalue weighted by molar-refractivity contribution is -0.121. The molecule has 1 aliphatic rings. The van der Waals surface area contributed by atoms with E-state index in [2.05, 4.69) is 16.3 Å². The fourth-order valence-corrected chi connectivity index (χ4v) is 3.70.